The minimum atomic E-state index is -0.109. The molecule has 0 bridgehead atoms. The summed E-state index contributed by atoms with van der Waals surface area (Å²) < 4.78 is 10.8. The molecule has 24 heavy (non-hydrogen) atoms. The molecular weight excluding hydrogens is 304 g/mol. The molecule has 0 aromatic carbocycles. The van der Waals surface area contributed by atoms with Crippen molar-refractivity contribution in [2.75, 3.05) is 13.2 Å². The summed E-state index contributed by atoms with van der Waals surface area (Å²) in [5.41, 5.74) is 0. The van der Waals surface area contributed by atoms with Gasteiger partial charge >= 0.3 is 5.97 Å². The van der Waals surface area contributed by atoms with Crippen molar-refractivity contribution in [1.82, 2.24) is 0 Å². The van der Waals surface area contributed by atoms with E-state index in [1.165, 1.54) is 57.8 Å². The highest BCUT2D eigenvalue weighted by atomic mass is 16.6. The van der Waals surface area contributed by atoms with Gasteiger partial charge in [-0.05, 0) is 19.3 Å². The third-order valence-electron chi connectivity index (χ3n) is 4.81. The molecule has 142 valence electrons. The van der Waals surface area contributed by atoms with Crippen molar-refractivity contribution in [3.05, 3.63) is 0 Å². The van der Waals surface area contributed by atoms with Gasteiger partial charge < -0.3 is 14.6 Å². The second kappa shape index (κ2) is 14.7. The molecule has 1 saturated heterocycles. The Morgan fingerprint density at radius 2 is 1.46 bits per heavy atom. The molecule has 2 atom stereocenters. The second-order valence-electron chi connectivity index (χ2n) is 7.11. The van der Waals surface area contributed by atoms with Gasteiger partial charge in [0.2, 0.25) is 0 Å². The number of aliphatic hydroxyl groups is 1. The highest BCUT2D eigenvalue weighted by Crippen LogP contribution is 2.19. The van der Waals surface area contributed by atoms with E-state index in [1.54, 1.807) is 0 Å². The maximum atomic E-state index is 11.7. The molecule has 1 rings (SSSR count). The molecule has 0 spiro atoms. The van der Waals surface area contributed by atoms with Gasteiger partial charge in [-0.3, -0.25) is 4.79 Å². The van der Waals surface area contributed by atoms with E-state index in [0.29, 0.717) is 13.0 Å². The van der Waals surface area contributed by atoms with Crippen LogP contribution in [0.15, 0.2) is 0 Å². The Morgan fingerprint density at radius 3 is 2.00 bits per heavy atom. The average Bonchev–Trinajstić information content (AvgIpc) is 3.06. The number of rotatable bonds is 15. The van der Waals surface area contributed by atoms with Crippen LogP contribution in [0, 0.1) is 0 Å². The van der Waals surface area contributed by atoms with Gasteiger partial charge in [-0.1, -0.05) is 71.1 Å². The number of hydrogen-bond donors (Lipinski definition) is 1. The highest BCUT2D eigenvalue weighted by Gasteiger charge is 2.25. The standard InChI is InChI=1S/C20H38O4/c1-2-3-4-5-6-7-8-9-10-11-12-13-20(22)23-17-19-15-14-18(16-21)24-19/h18-19,21H,2-17H2,1H3/t18-,19+/m1/s1. The van der Waals surface area contributed by atoms with Crippen LogP contribution >= 0.6 is 0 Å². The maximum Gasteiger partial charge on any atom is 0.305 e. The maximum absolute atomic E-state index is 11.7. The lowest BCUT2D eigenvalue weighted by Crippen LogP contribution is -2.20. The van der Waals surface area contributed by atoms with Crippen LogP contribution in [0.2, 0.25) is 0 Å². The number of aliphatic hydroxyl groups excluding tert-OH is 1. The SMILES string of the molecule is CCCCCCCCCCCCCC(=O)OC[C@@H]1CC[C@H](CO)O1. The summed E-state index contributed by atoms with van der Waals surface area (Å²) in [7, 11) is 0. The molecule has 1 heterocycles. The fraction of sp³-hybridized carbons (Fsp3) is 0.950. The molecule has 4 nitrogen and oxygen atoms in total. The number of ether oxygens (including phenoxy) is 2. The van der Waals surface area contributed by atoms with Crippen molar-refractivity contribution in [2.24, 2.45) is 0 Å². The van der Waals surface area contributed by atoms with Gasteiger partial charge in [-0.15, -0.1) is 0 Å². The predicted octanol–water partition coefficient (Wildman–Crippen LogP) is 4.77. The van der Waals surface area contributed by atoms with Gasteiger partial charge in [-0.25, -0.2) is 0 Å². The van der Waals surface area contributed by atoms with Gasteiger partial charge in [0, 0.05) is 6.42 Å². The van der Waals surface area contributed by atoms with E-state index in [-0.39, 0.29) is 24.8 Å². The zero-order valence-electron chi connectivity index (χ0n) is 15.6. The predicted molar refractivity (Wildman–Crippen MR) is 97.0 cm³/mol. The molecule has 0 unspecified atom stereocenters. The van der Waals surface area contributed by atoms with E-state index >= 15 is 0 Å². The van der Waals surface area contributed by atoms with E-state index in [9.17, 15) is 4.79 Å². The van der Waals surface area contributed by atoms with Gasteiger partial charge in [0.25, 0.3) is 0 Å². The average molecular weight is 343 g/mol. The topological polar surface area (TPSA) is 55.8 Å². The van der Waals surface area contributed by atoms with Crippen molar-refractivity contribution in [2.45, 2.75) is 109 Å². The van der Waals surface area contributed by atoms with E-state index in [2.05, 4.69) is 6.92 Å². The van der Waals surface area contributed by atoms with Gasteiger partial charge in [0.05, 0.1) is 18.8 Å². The van der Waals surface area contributed by atoms with Gasteiger partial charge in [0.15, 0.2) is 0 Å². The van der Waals surface area contributed by atoms with Gasteiger partial charge in [0.1, 0.15) is 6.61 Å². The lowest BCUT2D eigenvalue weighted by molar-refractivity contribution is -0.148. The monoisotopic (exact) mass is 342 g/mol. The van der Waals surface area contributed by atoms with Crippen molar-refractivity contribution in [1.29, 1.82) is 0 Å². The molecule has 0 amide bonds. The first-order valence-electron chi connectivity index (χ1n) is 10.2. The van der Waals surface area contributed by atoms with E-state index in [4.69, 9.17) is 14.6 Å². The smallest absolute Gasteiger partial charge is 0.305 e. The fourth-order valence-electron chi connectivity index (χ4n) is 3.23. The van der Waals surface area contributed by atoms with Crippen LogP contribution in [0.5, 0.6) is 0 Å². The minimum absolute atomic E-state index is 0.0246. The van der Waals surface area contributed by atoms with Crippen LogP contribution < -0.4 is 0 Å². The lowest BCUT2D eigenvalue weighted by atomic mass is 10.1. The summed E-state index contributed by atoms with van der Waals surface area (Å²) in [4.78, 5) is 11.7. The fourth-order valence-corrected chi connectivity index (χ4v) is 3.23. The van der Waals surface area contributed by atoms with Gasteiger partial charge in [-0.2, -0.15) is 0 Å². The Labute approximate surface area is 148 Å². The zero-order chi connectivity index (χ0) is 17.5. The van der Waals surface area contributed by atoms with Crippen LogP contribution in [-0.2, 0) is 14.3 Å². The van der Waals surface area contributed by atoms with Crippen molar-refractivity contribution >= 4 is 5.97 Å². The third-order valence-corrected chi connectivity index (χ3v) is 4.81. The summed E-state index contributed by atoms with van der Waals surface area (Å²) in [5, 5.41) is 9.00. The molecule has 1 N–H and O–H groups in total. The first kappa shape index (κ1) is 21.4. The first-order chi connectivity index (χ1) is 11.8. The Balaban J connectivity index is 1.81. The Morgan fingerprint density at radius 1 is 0.917 bits per heavy atom. The van der Waals surface area contributed by atoms with Crippen LogP contribution in [-0.4, -0.2) is 36.5 Å². The molecular formula is C20H38O4. The number of carbonyl (C=O) groups excluding carboxylic acids is 1. The molecule has 1 fully saturated rings. The summed E-state index contributed by atoms with van der Waals surface area (Å²) in [6.07, 6.45) is 16.3. The Kier molecular flexibility index (Phi) is 13.1. The summed E-state index contributed by atoms with van der Waals surface area (Å²) >= 11 is 0. The minimum Gasteiger partial charge on any atom is -0.463 e. The molecule has 0 saturated carbocycles. The molecule has 0 aromatic heterocycles. The van der Waals surface area contributed by atoms with Crippen molar-refractivity contribution < 1.29 is 19.4 Å². The summed E-state index contributed by atoms with van der Waals surface area (Å²) in [5.74, 6) is -0.109. The quantitative estimate of drug-likeness (QED) is 0.344. The molecule has 0 radical (unpaired) electrons. The summed E-state index contributed by atoms with van der Waals surface area (Å²) in [6, 6.07) is 0. The number of unbranched alkanes of at least 4 members (excludes halogenated alkanes) is 10. The zero-order valence-corrected chi connectivity index (χ0v) is 15.6. The molecule has 1 aliphatic heterocycles. The molecule has 0 aromatic rings. The number of hydrogen-bond acceptors (Lipinski definition) is 4. The van der Waals surface area contributed by atoms with E-state index < -0.39 is 0 Å². The van der Waals surface area contributed by atoms with Crippen molar-refractivity contribution in [3.63, 3.8) is 0 Å². The molecule has 0 aliphatic carbocycles. The third kappa shape index (κ3) is 11.0. The molecule has 4 heteroatoms. The van der Waals surface area contributed by atoms with Crippen LogP contribution in [0.4, 0.5) is 0 Å². The summed E-state index contributed by atoms with van der Waals surface area (Å²) in [6.45, 7) is 2.65. The number of esters is 1. The lowest BCUT2D eigenvalue weighted by Gasteiger charge is -2.12. The van der Waals surface area contributed by atoms with Crippen LogP contribution in [0.25, 0.3) is 0 Å². The van der Waals surface area contributed by atoms with Crippen molar-refractivity contribution in [3.8, 4) is 0 Å². The van der Waals surface area contributed by atoms with E-state index in [1.807, 2.05) is 0 Å². The highest BCUT2D eigenvalue weighted by molar-refractivity contribution is 5.69. The Hall–Kier alpha value is -0.610. The normalized spacial score (nSPS) is 20.4. The molecule has 1 aliphatic rings. The number of carbonyl (C=O) groups is 1. The largest absolute Gasteiger partial charge is 0.463 e. The van der Waals surface area contributed by atoms with E-state index in [0.717, 1.165) is 25.7 Å². The first-order valence-corrected chi connectivity index (χ1v) is 10.2. The van der Waals surface area contributed by atoms with Crippen LogP contribution in [0.3, 0.4) is 0 Å². The van der Waals surface area contributed by atoms with Crippen LogP contribution in [0.1, 0.15) is 96.8 Å². The second-order valence-corrected chi connectivity index (χ2v) is 7.11. The Bertz CT molecular complexity index is 306.